The van der Waals surface area contributed by atoms with Crippen LogP contribution in [0.15, 0.2) is 53.0 Å². The molecular formula is C22H26BrNO3. The Hall–Kier alpha value is -2.14. The minimum atomic E-state index is -0.313. The standard InChI is InChI=1S/C22H26BrNO3/c1-2-3-4-5-9-14-27-21(25)16-24-20-13-12-18(23)15-19(20)22(26)17-10-7-6-8-11-17/h6-8,10-13,15,24H,2-5,9,14,16H2,1H3. The van der Waals surface area contributed by atoms with Gasteiger partial charge < -0.3 is 10.1 Å². The molecule has 27 heavy (non-hydrogen) atoms. The highest BCUT2D eigenvalue weighted by Crippen LogP contribution is 2.24. The Labute approximate surface area is 169 Å². The number of hydrogen-bond donors (Lipinski definition) is 1. The molecular weight excluding hydrogens is 406 g/mol. The molecule has 0 spiro atoms. The van der Waals surface area contributed by atoms with Crippen molar-refractivity contribution in [3.63, 3.8) is 0 Å². The number of carbonyl (C=O) groups excluding carboxylic acids is 2. The van der Waals surface area contributed by atoms with Gasteiger partial charge in [-0.05, 0) is 24.6 Å². The average molecular weight is 432 g/mol. The average Bonchev–Trinajstić information content (AvgIpc) is 2.69. The second-order valence-electron chi connectivity index (χ2n) is 6.37. The molecule has 2 aromatic rings. The zero-order chi connectivity index (χ0) is 19.5. The van der Waals surface area contributed by atoms with Crippen molar-refractivity contribution in [2.24, 2.45) is 0 Å². The van der Waals surface area contributed by atoms with Crippen molar-refractivity contribution < 1.29 is 14.3 Å². The summed E-state index contributed by atoms with van der Waals surface area (Å²) in [6.07, 6.45) is 5.56. The molecule has 0 fully saturated rings. The second kappa shape index (κ2) is 11.5. The van der Waals surface area contributed by atoms with Gasteiger partial charge >= 0.3 is 5.97 Å². The van der Waals surface area contributed by atoms with Crippen LogP contribution >= 0.6 is 15.9 Å². The van der Waals surface area contributed by atoms with Crippen LogP contribution in [0.2, 0.25) is 0 Å². The molecule has 0 unspecified atom stereocenters. The van der Waals surface area contributed by atoms with E-state index in [0.29, 0.717) is 23.4 Å². The summed E-state index contributed by atoms with van der Waals surface area (Å²) in [5, 5.41) is 3.04. The first-order valence-electron chi connectivity index (χ1n) is 9.40. The number of rotatable bonds is 11. The number of hydrogen-bond acceptors (Lipinski definition) is 4. The normalized spacial score (nSPS) is 10.4. The Balaban J connectivity index is 1.91. The van der Waals surface area contributed by atoms with Gasteiger partial charge in [-0.2, -0.15) is 0 Å². The van der Waals surface area contributed by atoms with Crippen molar-refractivity contribution in [2.75, 3.05) is 18.5 Å². The fourth-order valence-corrected chi connectivity index (χ4v) is 3.07. The molecule has 4 nitrogen and oxygen atoms in total. The van der Waals surface area contributed by atoms with Crippen molar-refractivity contribution in [2.45, 2.75) is 39.0 Å². The number of esters is 1. The zero-order valence-corrected chi connectivity index (χ0v) is 17.3. The van der Waals surface area contributed by atoms with E-state index < -0.39 is 0 Å². The maximum atomic E-state index is 12.8. The quantitative estimate of drug-likeness (QED) is 0.285. The summed E-state index contributed by atoms with van der Waals surface area (Å²) in [6.45, 7) is 2.65. The summed E-state index contributed by atoms with van der Waals surface area (Å²) >= 11 is 3.41. The third-order valence-corrected chi connectivity index (χ3v) is 4.69. The van der Waals surface area contributed by atoms with Gasteiger partial charge in [0.2, 0.25) is 0 Å². The molecule has 0 aliphatic carbocycles. The van der Waals surface area contributed by atoms with E-state index in [9.17, 15) is 9.59 Å². The molecule has 0 saturated carbocycles. The van der Waals surface area contributed by atoms with Gasteiger partial charge in [-0.25, -0.2) is 0 Å². The summed E-state index contributed by atoms with van der Waals surface area (Å²) in [6, 6.07) is 14.5. The summed E-state index contributed by atoms with van der Waals surface area (Å²) in [5.74, 6) is -0.407. The molecule has 0 heterocycles. The van der Waals surface area contributed by atoms with Gasteiger partial charge in [0.25, 0.3) is 0 Å². The van der Waals surface area contributed by atoms with E-state index in [4.69, 9.17) is 4.74 Å². The molecule has 5 heteroatoms. The van der Waals surface area contributed by atoms with Crippen LogP contribution in [0.5, 0.6) is 0 Å². The molecule has 0 aliphatic heterocycles. The van der Waals surface area contributed by atoms with Crippen molar-refractivity contribution in [1.82, 2.24) is 0 Å². The van der Waals surface area contributed by atoms with E-state index in [1.54, 1.807) is 24.3 Å². The van der Waals surface area contributed by atoms with Crippen LogP contribution in [0.3, 0.4) is 0 Å². The highest BCUT2D eigenvalue weighted by molar-refractivity contribution is 9.10. The Bertz CT molecular complexity index is 746. The lowest BCUT2D eigenvalue weighted by Crippen LogP contribution is -2.19. The number of carbonyl (C=O) groups is 2. The van der Waals surface area contributed by atoms with Gasteiger partial charge in [0.15, 0.2) is 5.78 Å². The molecule has 0 radical (unpaired) electrons. The van der Waals surface area contributed by atoms with E-state index >= 15 is 0 Å². The number of halogens is 1. The van der Waals surface area contributed by atoms with Gasteiger partial charge in [0, 0.05) is 21.3 Å². The fraction of sp³-hybridized carbons (Fsp3) is 0.364. The predicted molar refractivity (Wildman–Crippen MR) is 112 cm³/mol. The first-order chi connectivity index (χ1) is 13.1. The Morgan fingerprint density at radius 1 is 1.00 bits per heavy atom. The molecule has 0 bridgehead atoms. The number of ketones is 1. The lowest BCUT2D eigenvalue weighted by molar-refractivity contribution is -0.141. The second-order valence-corrected chi connectivity index (χ2v) is 7.29. The number of nitrogens with one attached hydrogen (secondary N) is 1. The van der Waals surface area contributed by atoms with Crippen molar-refractivity contribution in [3.8, 4) is 0 Å². The first kappa shape index (κ1) is 21.2. The molecule has 1 N–H and O–H groups in total. The van der Waals surface area contributed by atoms with Gasteiger partial charge in [0.1, 0.15) is 6.54 Å². The van der Waals surface area contributed by atoms with Gasteiger partial charge in [0.05, 0.1) is 6.61 Å². The first-order valence-corrected chi connectivity index (χ1v) is 10.2. The molecule has 2 aromatic carbocycles. The summed E-state index contributed by atoms with van der Waals surface area (Å²) in [7, 11) is 0. The van der Waals surface area contributed by atoms with E-state index in [1.807, 2.05) is 24.3 Å². The van der Waals surface area contributed by atoms with Crippen LogP contribution < -0.4 is 5.32 Å². The van der Waals surface area contributed by atoms with Crippen molar-refractivity contribution in [3.05, 3.63) is 64.1 Å². The van der Waals surface area contributed by atoms with E-state index in [0.717, 1.165) is 17.3 Å². The number of ether oxygens (including phenoxy) is 1. The summed E-state index contributed by atoms with van der Waals surface area (Å²) in [4.78, 5) is 24.7. The summed E-state index contributed by atoms with van der Waals surface area (Å²) < 4.78 is 6.06. The fourth-order valence-electron chi connectivity index (χ4n) is 2.71. The third kappa shape index (κ3) is 7.18. The third-order valence-electron chi connectivity index (χ3n) is 4.20. The Kier molecular flexibility index (Phi) is 9.05. The lowest BCUT2D eigenvalue weighted by Gasteiger charge is -2.12. The highest BCUT2D eigenvalue weighted by atomic mass is 79.9. The SMILES string of the molecule is CCCCCCCOC(=O)CNc1ccc(Br)cc1C(=O)c1ccccc1. The van der Waals surface area contributed by atoms with Crippen LogP contribution in [0.1, 0.15) is 54.9 Å². The van der Waals surface area contributed by atoms with Crippen molar-refractivity contribution >= 4 is 33.4 Å². The Morgan fingerprint density at radius 2 is 1.74 bits per heavy atom. The zero-order valence-electron chi connectivity index (χ0n) is 15.7. The highest BCUT2D eigenvalue weighted by Gasteiger charge is 2.15. The van der Waals surface area contributed by atoms with Crippen LogP contribution in [-0.4, -0.2) is 24.9 Å². The van der Waals surface area contributed by atoms with Gasteiger partial charge in [-0.3, -0.25) is 9.59 Å². The van der Waals surface area contributed by atoms with Crippen LogP contribution in [0.25, 0.3) is 0 Å². The topological polar surface area (TPSA) is 55.4 Å². The Morgan fingerprint density at radius 3 is 2.48 bits per heavy atom. The maximum absolute atomic E-state index is 12.8. The summed E-state index contributed by atoms with van der Waals surface area (Å²) in [5.41, 5.74) is 1.74. The molecule has 144 valence electrons. The largest absolute Gasteiger partial charge is 0.464 e. The lowest BCUT2D eigenvalue weighted by atomic mass is 10.0. The monoisotopic (exact) mass is 431 g/mol. The van der Waals surface area contributed by atoms with E-state index in [2.05, 4.69) is 28.2 Å². The molecule has 0 atom stereocenters. The smallest absolute Gasteiger partial charge is 0.325 e. The van der Waals surface area contributed by atoms with Crippen LogP contribution in [0.4, 0.5) is 5.69 Å². The maximum Gasteiger partial charge on any atom is 0.325 e. The van der Waals surface area contributed by atoms with Crippen LogP contribution in [-0.2, 0) is 9.53 Å². The molecule has 0 amide bonds. The van der Waals surface area contributed by atoms with Crippen molar-refractivity contribution in [1.29, 1.82) is 0 Å². The number of unbranched alkanes of at least 4 members (excludes halogenated alkanes) is 4. The van der Waals surface area contributed by atoms with Crippen LogP contribution in [0, 0.1) is 0 Å². The molecule has 0 aromatic heterocycles. The van der Waals surface area contributed by atoms with E-state index in [-0.39, 0.29) is 18.3 Å². The van der Waals surface area contributed by atoms with Gasteiger partial charge in [-0.1, -0.05) is 78.9 Å². The van der Waals surface area contributed by atoms with Gasteiger partial charge in [-0.15, -0.1) is 0 Å². The number of anilines is 1. The minimum absolute atomic E-state index is 0.0334. The minimum Gasteiger partial charge on any atom is -0.464 e. The van der Waals surface area contributed by atoms with E-state index in [1.165, 1.54) is 19.3 Å². The molecule has 0 aliphatic rings. The predicted octanol–water partition coefficient (Wildman–Crippen LogP) is 5.61. The molecule has 2 rings (SSSR count). The molecule has 0 saturated heterocycles. The number of benzene rings is 2.